The van der Waals surface area contributed by atoms with E-state index in [0.717, 1.165) is 15.2 Å². The molecule has 112 valence electrons. The number of nitrogens with one attached hydrogen (secondary N) is 1. The largest absolute Gasteiger partial charge is 0.484 e. The molecule has 0 atom stereocenters. The van der Waals surface area contributed by atoms with Crippen LogP contribution in [0.5, 0.6) is 5.75 Å². The van der Waals surface area contributed by atoms with Gasteiger partial charge in [0.2, 0.25) is 0 Å². The average molecular weight is 316 g/mol. The predicted octanol–water partition coefficient (Wildman–Crippen LogP) is 3.76. The number of carbonyl (C=O) groups excluding carboxylic acids is 1. The number of thiazole rings is 1. The van der Waals surface area contributed by atoms with Crippen LogP contribution in [0.2, 0.25) is 0 Å². The van der Waals surface area contributed by atoms with Crippen LogP contribution in [0.25, 0.3) is 10.2 Å². The number of fused-ring (bicyclic) bond motifs is 1. The molecule has 0 spiro atoms. The number of aryl methyl sites for hydroxylation is 1. The molecule has 0 saturated heterocycles. The van der Waals surface area contributed by atoms with Crippen molar-refractivity contribution in [3.05, 3.63) is 53.3 Å². The zero-order valence-electron chi connectivity index (χ0n) is 11.8. The number of rotatable bonds is 4. The second-order valence-corrected chi connectivity index (χ2v) is 5.94. The third-order valence-corrected chi connectivity index (χ3v) is 3.90. The first-order valence-electron chi connectivity index (χ1n) is 6.65. The minimum atomic E-state index is -0.343. The Hall–Kier alpha value is -2.47. The van der Waals surface area contributed by atoms with Crippen molar-refractivity contribution >= 4 is 33.1 Å². The van der Waals surface area contributed by atoms with Crippen LogP contribution in [-0.2, 0) is 4.79 Å². The second kappa shape index (κ2) is 6.11. The van der Waals surface area contributed by atoms with Crippen molar-refractivity contribution in [2.24, 2.45) is 0 Å². The van der Waals surface area contributed by atoms with Gasteiger partial charge in [0, 0.05) is 5.69 Å². The number of aromatic nitrogens is 1. The Morgan fingerprint density at radius 3 is 2.82 bits per heavy atom. The smallest absolute Gasteiger partial charge is 0.262 e. The van der Waals surface area contributed by atoms with Crippen molar-refractivity contribution in [3.63, 3.8) is 0 Å². The fraction of sp³-hybridized carbons (Fsp3) is 0.125. The molecule has 1 aromatic heterocycles. The highest BCUT2D eigenvalue weighted by Gasteiger charge is 2.06. The van der Waals surface area contributed by atoms with E-state index in [4.69, 9.17) is 4.74 Å². The van der Waals surface area contributed by atoms with E-state index in [1.165, 1.54) is 24.3 Å². The van der Waals surface area contributed by atoms with Crippen molar-refractivity contribution in [2.45, 2.75) is 6.92 Å². The summed E-state index contributed by atoms with van der Waals surface area (Å²) < 4.78 is 19.1. The standard InChI is InChI=1S/C16H13FN2O2S/c1-10-18-14-7-4-12(8-15(14)22-10)19-16(20)9-21-13-5-2-11(17)3-6-13/h2-8H,9H2,1H3,(H,19,20). The molecule has 0 aliphatic carbocycles. The van der Waals surface area contributed by atoms with Gasteiger partial charge in [0.25, 0.3) is 5.91 Å². The summed E-state index contributed by atoms with van der Waals surface area (Å²) in [6.45, 7) is 1.81. The fourth-order valence-electron chi connectivity index (χ4n) is 1.99. The van der Waals surface area contributed by atoms with Crippen molar-refractivity contribution < 1.29 is 13.9 Å². The summed E-state index contributed by atoms with van der Waals surface area (Å²) in [5.74, 6) is -0.167. The lowest BCUT2D eigenvalue weighted by atomic mass is 10.3. The Morgan fingerprint density at radius 1 is 1.27 bits per heavy atom. The minimum Gasteiger partial charge on any atom is -0.484 e. The van der Waals surface area contributed by atoms with Gasteiger partial charge in [0.15, 0.2) is 6.61 Å². The SMILES string of the molecule is Cc1nc2ccc(NC(=O)COc3ccc(F)cc3)cc2s1. The highest BCUT2D eigenvalue weighted by atomic mass is 32.1. The third-order valence-electron chi connectivity index (χ3n) is 2.96. The molecular formula is C16H13FN2O2S. The van der Waals surface area contributed by atoms with Gasteiger partial charge >= 0.3 is 0 Å². The Morgan fingerprint density at radius 2 is 2.05 bits per heavy atom. The Labute approximate surface area is 130 Å². The molecule has 3 rings (SSSR count). The number of hydrogen-bond acceptors (Lipinski definition) is 4. The third kappa shape index (κ3) is 3.40. The van der Waals surface area contributed by atoms with Gasteiger partial charge in [-0.05, 0) is 49.4 Å². The first-order chi connectivity index (χ1) is 10.6. The van der Waals surface area contributed by atoms with Gasteiger partial charge in [0.05, 0.1) is 15.2 Å². The molecule has 1 heterocycles. The second-order valence-electron chi connectivity index (χ2n) is 4.71. The number of halogens is 1. The molecule has 0 bridgehead atoms. The minimum absolute atomic E-state index is 0.134. The molecule has 4 nitrogen and oxygen atoms in total. The molecule has 2 aromatic carbocycles. The maximum Gasteiger partial charge on any atom is 0.262 e. The van der Waals surface area contributed by atoms with E-state index in [2.05, 4.69) is 10.3 Å². The highest BCUT2D eigenvalue weighted by molar-refractivity contribution is 7.18. The van der Waals surface area contributed by atoms with Gasteiger partial charge in [-0.2, -0.15) is 0 Å². The molecule has 1 amide bonds. The monoisotopic (exact) mass is 316 g/mol. The summed E-state index contributed by atoms with van der Waals surface area (Å²) in [5, 5.41) is 3.75. The summed E-state index contributed by atoms with van der Waals surface area (Å²) in [6.07, 6.45) is 0. The molecule has 0 aliphatic heterocycles. The van der Waals surface area contributed by atoms with Crippen molar-refractivity contribution in [1.29, 1.82) is 0 Å². The summed E-state index contributed by atoms with van der Waals surface area (Å²) in [6, 6.07) is 11.1. The van der Waals surface area contributed by atoms with Gasteiger partial charge in [-0.15, -0.1) is 11.3 Å². The van der Waals surface area contributed by atoms with Crippen LogP contribution in [0.15, 0.2) is 42.5 Å². The van der Waals surface area contributed by atoms with Gasteiger partial charge in [0.1, 0.15) is 11.6 Å². The Balaban J connectivity index is 1.61. The Bertz CT molecular complexity index is 815. The van der Waals surface area contributed by atoms with Crippen LogP contribution in [0.4, 0.5) is 10.1 Å². The van der Waals surface area contributed by atoms with Crippen LogP contribution >= 0.6 is 11.3 Å². The number of hydrogen-bond donors (Lipinski definition) is 1. The van der Waals surface area contributed by atoms with Crippen molar-refractivity contribution in [1.82, 2.24) is 4.98 Å². The van der Waals surface area contributed by atoms with E-state index in [9.17, 15) is 9.18 Å². The number of amides is 1. The molecule has 0 unspecified atom stereocenters. The first kappa shape index (κ1) is 14.5. The van der Waals surface area contributed by atoms with E-state index in [1.807, 2.05) is 19.1 Å². The molecular weight excluding hydrogens is 303 g/mol. The molecule has 0 fully saturated rings. The Kier molecular flexibility index (Phi) is 4.02. The normalized spacial score (nSPS) is 10.6. The highest BCUT2D eigenvalue weighted by Crippen LogP contribution is 2.24. The van der Waals surface area contributed by atoms with E-state index >= 15 is 0 Å². The lowest BCUT2D eigenvalue weighted by Crippen LogP contribution is -2.20. The molecule has 0 saturated carbocycles. The van der Waals surface area contributed by atoms with E-state index in [1.54, 1.807) is 17.4 Å². The quantitative estimate of drug-likeness (QED) is 0.797. The zero-order valence-corrected chi connectivity index (χ0v) is 12.6. The van der Waals surface area contributed by atoms with Crippen LogP contribution in [-0.4, -0.2) is 17.5 Å². The predicted molar refractivity (Wildman–Crippen MR) is 84.9 cm³/mol. The summed E-state index contributed by atoms with van der Waals surface area (Å²) in [4.78, 5) is 16.2. The van der Waals surface area contributed by atoms with E-state index < -0.39 is 0 Å². The maximum absolute atomic E-state index is 12.8. The first-order valence-corrected chi connectivity index (χ1v) is 7.47. The summed E-state index contributed by atoms with van der Waals surface area (Å²) >= 11 is 1.58. The van der Waals surface area contributed by atoms with Gasteiger partial charge in [-0.25, -0.2) is 9.37 Å². The molecule has 0 aliphatic rings. The average Bonchev–Trinajstić information content (AvgIpc) is 2.86. The fourth-order valence-corrected chi connectivity index (χ4v) is 2.86. The van der Waals surface area contributed by atoms with Crippen LogP contribution < -0.4 is 10.1 Å². The van der Waals surface area contributed by atoms with Gasteiger partial charge < -0.3 is 10.1 Å². The van der Waals surface area contributed by atoms with Crippen LogP contribution in [0.3, 0.4) is 0 Å². The van der Waals surface area contributed by atoms with E-state index in [-0.39, 0.29) is 18.3 Å². The molecule has 1 N–H and O–H groups in total. The number of anilines is 1. The van der Waals surface area contributed by atoms with Crippen LogP contribution in [0, 0.1) is 12.7 Å². The van der Waals surface area contributed by atoms with Crippen molar-refractivity contribution in [2.75, 3.05) is 11.9 Å². The number of ether oxygens (including phenoxy) is 1. The molecule has 3 aromatic rings. The lowest BCUT2D eigenvalue weighted by Gasteiger charge is -2.07. The van der Waals surface area contributed by atoms with Gasteiger partial charge in [-0.1, -0.05) is 0 Å². The number of benzene rings is 2. The summed E-state index contributed by atoms with van der Waals surface area (Å²) in [5.41, 5.74) is 1.62. The lowest BCUT2D eigenvalue weighted by molar-refractivity contribution is -0.118. The van der Waals surface area contributed by atoms with Crippen molar-refractivity contribution in [3.8, 4) is 5.75 Å². The summed E-state index contributed by atoms with van der Waals surface area (Å²) in [7, 11) is 0. The molecule has 0 radical (unpaired) electrons. The number of carbonyl (C=O) groups is 1. The molecule has 6 heteroatoms. The number of nitrogens with zero attached hydrogens (tertiary/aromatic N) is 1. The maximum atomic E-state index is 12.8. The van der Waals surface area contributed by atoms with Gasteiger partial charge in [-0.3, -0.25) is 4.79 Å². The van der Waals surface area contributed by atoms with E-state index in [0.29, 0.717) is 11.4 Å². The topological polar surface area (TPSA) is 51.2 Å². The zero-order chi connectivity index (χ0) is 15.5. The van der Waals surface area contributed by atoms with Crippen LogP contribution in [0.1, 0.15) is 5.01 Å². The molecule has 22 heavy (non-hydrogen) atoms.